The minimum absolute atomic E-state index is 0.964. The van der Waals surface area contributed by atoms with Gasteiger partial charge in [0.15, 0.2) is 0 Å². The van der Waals surface area contributed by atoms with Crippen LogP contribution >= 0.6 is 0 Å². The third kappa shape index (κ3) is 4.24. The first kappa shape index (κ1) is 22.8. The van der Waals surface area contributed by atoms with Crippen molar-refractivity contribution in [1.29, 1.82) is 0 Å². The molecule has 0 saturated heterocycles. The van der Waals surface area contributed by atoms with E-state index in [2.05, 4.69) is 103 Å². The summed E-state index contributed by atoms with van der Waals surface area (Å²) in [5.74, 6) is 0. The van der Waals surface area contributed by atoms with Gasteiger partial charge in [0.2, 0.25) is 0 Å². The molecule has 1 aromatic heterocycles. The van der Waals surface area contributed by atoms with Crippen LogP contribution < -0.4 is 0 Å². The largest absolute Gasteiger partial charge is 0.258 e. The summed E-state index contributed by atoms with van der Waals surface area (Å²) in [4.78, 5) is 15.7. The number of nitrogens with zero attached hydrogens (tertiary/aromatic N) is 3. The fourth-order valence-corrected chi connectivity index (χ4v) is 5.85. The number of hydrogen-bond donors (Lipinski definition) is 0. The lowest BCUT2D eigenvalue weighted by molar-refractivity contribution is 0.765. The second kappa shape index (κ2) is 9.83. The van der Waals surface area contributed by atoms with Crippen molar-refractivity contribution in [3.63, 3.8) is 0 Å². The molecule has 1 aliphatic carbocycles. The summed E-state index contributed by atoms with van der Waals surface area (Å²) < 4.78 is 0. The molecule has 0 radical (unpaired) electrons. The highest BCUT2D eigenvalue weighted by Crippen LogP contribution is 2.35. The number of aliphatic imine (C=N–C) groups is 2. The van der Waals surface area contributed by atoms with Gasteiger partial charge in [-0.2, -0.15) is 0 Å². The molecule has 0 spiro atoms. The molecular formula is C35H29N3. The molecule has 0 unspecified atom stereocenters. The van der Waals surface area contributed by atoms with E-state index in [4.69, 9.17) is 15.0 Å². The topological polar surface area (TPSA) is 37.6 Å². The van der Waals surface area contributed by atoms with Gasteiger partial charge in [-0.3, -0.25) is 4.98 Å². The average molecular weight is 492 g/mol. The van der Waals surface area contributed by atoms with Crippen molar-refractivity contribution in [2.75, 3.05) is 0 Å². The fraction of sp³-hybridized carbons (Fsp3) is 0.171. The lowest BCUT2D eigenvalue weighted by atomic mass is 10.0. The lowest BCUT2D eigenvalue weighted by Crippen LogP contribution is -2.10. The van der Waals surface area contributed by atoms with E-state index in [-0.39, 0.29) is 0 Å². The molecule has 0 saturated carbocycles. The Morgan fingerprint density at radius 1 is 0.447 bits per heavy atom. The molecule has 38 heavy (non-hydrogen) atoms. The summed E-state index contributed by atoms with van der Waals surface area (Å²) in [5.41, 5.74) is 11.2. The van der Waals surface area contributed by atoms with E-state index in [1.807, 2.05) is 0 Å². The Hall–Kier alpha value is -4.37. The van der Waals surface area contributed by atoms with Crippen molar-refractivity contribution in [1.82, 2.24) is 4.98 Å². The van der Waals surface area contributed by atoms with Crippen molar-refractivity contribution in [2.45, 2.75) is 38.5 Å². The normalized spacial score (nSPS) is 15.1. The Balaban J connectivity index is 1.43. The van der Waals surface area contributed by atoms with Crippen molar-refractivity contribution in [2.24, 2.45) is 9.98 Å². The van der Waals surface area contributed by atoms with Crippen molar-refractivity contribution >= 4 is 33.6 Å². The first-order chi connectivity index (χ1) is 18.8. The Bertz CT molecular complexity index is 1610. The summed E-state index contributed by atoms with van der Waals surface area (Å²) in [6.07, 6.45) is 5.95. The van der Waals surface area contributed by atoms with E-state index in [9.17, 15) is 0 Å². The third-order valence-corrected chi connectivity index (χ3v) is 7.71. The van der Waals surface area contributed by atoms with Gasteiger partial charge in [-0.1, -0.05) is 78.9 Å². The molecule has 0 N–H and O–H groups in total. The minimum atomic E-state index is 0.964. The number of rotatable bonds is 0. The highest BCUT2D eigenvalue weighted by atomic mass is 14.8. The quantitative estimate of drug-likeness (QED) is 0.215. The first-order valence-corrected chi connectivity index (χ1v) is 13.6. The molecule has 0 fully saturated rings. The van der Waals surface area contributed by atoms with Crippen LogP contribution in [0.15, 0.2) is 113 Å². The second-order valence-electron chi connectivity index (χ2n) is 10.2. The van der Waals surface area contributed by atoms with E-state index >= 15 is 0 Å². The fourth-order valence-electron chi connectivity index (χ4n) is 5.85. The summed E-state index contributed by atoms with van der Waals surface area (Å²) in [5, 5.41) is 2.48. The highest BCUT2D eigenvalue weighted by molar-refractivity contribution is 6.61. The number of aryl methyl sites for hydroxylation is 4. The van der Waals surface area contributed by atoms with Gasteiger partial charge in [0.1, 0.15) is 0 Å². The molecular weight excluding hydrogens is 462 g/mol. The third-order valence-electron chi connectivity index (χ3n) is 7.71. The Labute approximate surface area is 223 Å². The number of benzene rings is 4. The van der Waals surface area contributed by atoms with E-state index in [1.165, 1.54) is 44.4 Å². The van der Waals surface area contributed by atoms with Gasteiger partial charge in [0, 0.05) is 27.9 Å². The monoisotopic (exact) mass is 491 g/mol. The van der Waals surface area contributed by atoms with Crippen LogP contribution in [-0.4, -0.2) is 16.4 Å². The van der Waals surface area contributed by atoms with Crippen LogP contribution in [0.2, 0.25) is 0 Å². The van der Waals surface area contributed by atoms with E-state index in [0.717, 1.165) is 61.3 Å². The van der Waals surface area contributed by atoms with Gasteiger partial charge in [-0.05, 0) is 79.3 Å². The Kier molecular flexibility index (Phi) is 5.90. The zero-order valence-corrected chi connectivity index (χ0v) is 21.4. The number of aromatic nitrogens is 1. The molecule has 5 aromatic rings. The molecule has 0 amide bonds. The maximum Gasteiger partial charge on any atom is 0.0978 e. The van der Waals surface area contributed by atoms with Crippen LogP contribution in [-0.2, 0) is 25.7 Å². The van der Waals surface area contributed by atoms with E-state index < -0.39 is 0 Å². The first-order valence-electron chi connectivity index (χ1n) is 13.6. The SMILES string of the molecule is c1cc2nc(c1)CCCc1ccccc1N=C1C(=Nc3ccccc3CCC2)c2cccc3cccc1c23. The average Bonchev–Trinajstić information content (AvgIpc) is 3.24. The van der Waals surface area contributed by atoms with Gasteiger partial charge in [0.05, 0.1) is 22.8 Å². The zero-order valence-electron chi connectivity index (χ0n) is 21.4. The van der Waals surface area contributed by atoms with E-state index in [0.29, 0.717) is 0 Å². The van der Waals surface area contributed by atoms with Gasteiger partial charge >= 0.3 is 0 Å². The molecule has 2 aliphatic rings. The molecule has 1 aliphatic heterocycles. The van der Waals surface area contributed by atoms with Crippen molar-refractivity contribution in [3.05, 3.63) is 137 Å². The smallest absolute Gasteiger partial charge is 0.0978 e. The molecule has 2 bridgehead atoms. The van der Waals surface area contributed by atoms with Crippen LogP contribution in [0.4, 0.5) is 11.4 Å². The van der Waals surface area contributed by atoms with Crippen LogP contribution in [0.3, 0.4) is 0 Å². The maximum atomic E-state index is 5.36. The summed E-state index contributed by atoms with van der Waals surface area (Å²) in [6.45, 7) is 0. The molecule has 2 heterocycles. The minimum Gasteiger partial charge on any atom is -0.258 e. The summed E-state index contributed by atoms with van der Waals surface area (Å²) in [7, 11) is 0. The van der Waals surface area contributed by atoms with Gasteiger partial charge in [0.25, 0.3) is 0 Å². The summed E-state index contributed by atoms with van der Waals surface area (Å²) >= 11 is 0. The standard InChI is InChI=1S/C35H29N3/c1-3-22-31-24(10-1)12-5-16-27-18-9-19-28(36-27)17-6-13-25-11-2-4-23-32(25)38-35-30-21-8-15-26-14-7-20-29(33(26)30)34(35)37-31/h1-4,7-11,14-15,18-23H,5-6,12-13,16-17H2. The zero-order chi connectivity index (χ0) is 25.3. The molecule has 3 heteroatoms. The Morgan fingerprint density at radius 3 is 1.50 bits per heavy atom. The van der Waals surface area contributed by atoms with Crippen LogP contribution in [0.25, 0.3) is 10.8 Å². The van der Waals surface area contributed by atoms with Crippen molar-refractivity contribution in [3.8, 4) is 0 Å². The van der Waals surface area contributed by atoms with Gasteiger partial charge in [-0.15, -0.1) is 0 Å². The van der Waals surface area contributed by atoms with Crippen molar-refractivity contribution < 1.29 is 0 Å². The molecule has 184 valence electrons. The van der Waals surface area contributed by atoms with Gasteiger partial charge < -0.3 is 0 Å². The predicted octanol–water partition coefficient (Wildman–Crippen LogP) is 8.15. The number of hydrogen-bond acceptors (Lipinski definition) is 3. The molecule has 0 atom stereocenters. The van der Waals surface area contributed by atoms with Crippen LogP contribution in [0.1, 0.15) is 46.5 Å². The Morgan fingerprint density at radius 2 is 0.947 bits per heavy atom. The number of para-hydroxylation sites is 2. The number of pyridine rings is 1. The van der Waals surface area contributed by atoms with Crippen LogP contribution in [0.5, 0.6) is 0 Å². The maximum absolute atomic E-state index is 5.36. The summed E-state index contributed by atoms with van der Waals surface area (Å²) in [6, 6.07) is 36.7. The van der Waals surface area contributed by atoms with Gasteiger partial charge in [-0.25, -0.2) is 9.98 Å². The van der Waals surface area contributed by atoms with E-state index in [1.54, 1.807) is 0 Å². The molecule has 4 aromatic carbocycles. The highest BCUT2D eigenvalue weighted by Gasteiger charge is 2.27. The van der Waals surface area contributed by atoms with Crippen LogP contribution in [0, 0.1) is 0 Å². The molecule has 3 nitrogen and oxygen atoms in total. The molecule has 7 rings (SSSR count). The second-order valence-corrected chi connectivity index (χ2v) is 10.2. The number of fused-ring (bicyclic) bond motifs is 7. The predicted molar refractivity (Wildman–Crippen MR) is 158 cm³/mol. The lowest BCUT2D eigenvalue weighted by Gasteiger charge is -2.09.